The van der Waals surface area contributed by atoms with Crippen LogP contribution in [0.25, 0.3) is 0 Å². The van der Waals surface area contributed by atoms with Gasteiger partial charge in [0.05, 0.1) is 60.9 Å². The third-order valence-electron chi connectivity index (χ3n) is 17.2. The summed E-state index contributed by atoms with van der Waals surface area (Å²) in [6.45, 7) is 47.0. The summed E-state index contributed by atoms with van der Waals surface area (Å²) in [4.78, 5) is 42.0. The SMILES string of the molecule is CCOc1ccc(CN2CCN(CC)CC2)cc1C#N.CCOc1ccc(CN2CCN(CC)CC2)cc1C(=N)N.CCOc1ccc(CN2CCN(CC)CC2)cc1C(N)=NN.CCOc1ccc(CN2CCN(CC)CC2)cc1C(N)=O.CCOc1ccccc1C(N)=O.II. The number of nitriles is 1. The quantitative estimate of drug-likeness (QED) is 0.00991. The fourth-order valence-corrected chi connectivity index (χ4v) is 11.6. The average Bonchev–Trinajstić information content (AvgIpc) is 1.01. The van der Waals surface area contributed by atoms with Crippen molar-refractivity contribution in [2.45, 2.75) is 88.5 Å². The molecule has 5 aromatic carbocycles. The van der Waals surface area contributed by atoms with Gasteiger partial charge >= 0.3 is 0 Å². The van der Waals surface area contributed by atoms with E-state index in [0.29, 0.717) is 84.1 Å². The van der Waals surface area contributed by atoms with Crippen LogP contribution >= 0.6 is 37.2 Å². The molecule has 0 saturated carbocycles. The van der Waals surface area contributed by atoms with Gasteiger partial charge in [-0.3, -0.25) is 34.6 Å². The summed E-state index contributed by atoms with van der Waals surface area (Å²) < 4.78 is 27.2. The average molecular weight is 1580 g/mol. The molecule has 0 aliphatic carbocycles. The summed E-state index contributed by atoms with van der Waals surface area (Å²) in [7, 11) is 0. The molecule has 4 saturated heterocycles. The van der Waals surface area contributed by atoms with Gasteiger partial charge in [0.25, 0.3) is 11.8 Å². The summed E-state index contributed by atoms with van der Waals surface area (Å²) in [5, 5.41) is 20.5. The summed E-state index contributed by atoms with van der Waals surface area (Å²) >= 11 is 4.24. The number of primary amides is 2. The fourth-order valence-electron chi connectivity index (χ4n) is 11.6. The summed E-state index contributed by atoms with van der Waals surface area (Å²) in [6.07, 6.45) is 0. The number of hydrogen-bond donors (Lipinski definition) is 6. The molecule has 11 N–H and O–H groups in total. The van der Waals surface area contributed by atoms with E-state index in [-0.39, 0.29) is 5.84 Å². The van der Waals surface area contributed by atoms with Crippen molar-refractivity contribution in [1.29, 1.82) is 10.7 Å². The molecule has 4 fully saturated rings. The van der Waals surface area contributed by atoms with E-state index < -0.39 is 11.8 Å². The lowest BCUT2D eigenvalue weighted by Gasteiger charge is -2.34. The Morgan fingerprint density at radius 1 is 0.408 bits per heavy atom. The lowest BCUT2D eigenvalue weighted by Crippen LogP contribution is -2.45. The highest BCUT2D eigenvalue weighted by atomic mass is 128. The van der Waals surface area contributed by atoms with Gasteiger partial charge in [0, 0.05) is 168 Å². The Kier molecular flexibility index (Phi) is 40.6. The van der Waals surface area contributed by atoms with Crippen LogP contribution < -0.4 is 52.5 Å². The van der Waals surface area contributed by atoms with Gasteiger partial charge < -0.3 is 72.1 Å². The molecule has 23 nitrogen and oxygen atoms in total. The van der Waals surface area contributed by atoms with E-state index in [1.54, 1.807) is 24.3 Å². The maximum absolute atomic E-state index is 11.5. The topological polar surface area (TPSA) is 296 Å². The number of carbonyl (C=O) groups excluding carboxylic acids is 2. The number of nitrogens with one attached hydrogen (secondary N) is 1. The summed E-state index contributed by atoms with van der Waals surface area (Å²) in [5.41, 5.74) is 29.8. The smallest absolute Gasteiger partial charge is 0.252 e. The Balaban J connectivity index is 0.000000261. The van der Waals surface area contributed by atoms with E-state index in [1.165, 1.54) is 16.7 Å². The van der Waals surface area contributed by atoms with Crippen LogP contribution in [0.2, 0.25) is 0 Å². The molecule has 0 bridgehead atoms. The molecule has 0 spiro atoms. The van der Waals surface area contributed by atoms with Crippen LogP contribution in [-0.4, -0.2) is 227 Å². The molecule has 9 rings (SSSR count). The van der Waals surface area contributed by atoms with E-state index in [9.17, 15) is 14.9 Å². The van der Waals surface area contributed by atoms with Crippen molar-refractivity contribution in [2.75, 3.05) is 164 Å². The highest BCUT2D eigenvalue weighted by Gasteiger charge is 2.22. The molecule has 0 radical (unpaired) electrons. The molecule has 98 heavy (non-hydrogen) atoms. The minimum Gasteiger partial charge on any atom is -0.493 e. The van der Waals surface area contributed by atoms with E-state index in [4.69, 9.17) is 57.9 Å². The molecule has 540 valence electrons. The first kappa shape index (κ1) is 83.8. The van der Waals surface area contributed by atoms with Gasteiger partial charge in [-0.05, 0) is 144 Å². The lowest BCUT2D eigenvalue weighted by molar-refractivity contribution is 0.0987. The Labute approximate surface area is 608 Å². The van der Waals surface area contributed by atoms with E-state index in [2.05, 4.69) is 133 Å². The predicted molar refractivity (Wildman–Crippen MR) is 413 cm³/mol. The minimum atomic E-state index is -0.459. The molecule has 4 aliphatic rings. The molecule has 0 unspecified atom stereocenters. The second-order valence-electron chi connectivity index (χ2n) is 23.6. The van der Waals surface area contributed by atoms with Crippen molar-refractivity contribution in [3.63, 3.8) is 0 Å². The molecular weight excluding hydrogens is 1470 g/mol. The number of hydrazone groups is 1. The van der Waals surface area contributed by atoms with Crippen molar-refractivity contribution in [1.82, 2.24) is 39.2 Å². The number of amides is 2. The fraction of sp³-hybridized carbons (Fsp3) is 0.521. The molecule has 4 heterocycles. The normalized spacial score (nSPS) is 15.8. The highest BCUT2D eigenvalue weighted by molar-refractivity contribution is 15.0. The maximum atomic E-state index is 11.5. The van der Waals surface area contributed by atoms with Crippen LogP contribution in [0, 0.1) is 16.7 Å². The first-order valence-corrected chi connectivity index (χ1v) is 40.8. The number of likely N-dealkylation sites (N-methyl/N-ethyl adjacent to an activating group) is 4. The third-order valence-corrected chi connectivity index (χ3v) is 17.2. The molecular formula is C73H112I2N16O7. The number of nitrogens with two attached hydrogens (primary N) is 5. The first-order valence-electron chi connectivity index (χ1n) is 34.5. The van der Waals surface area contributed by atoms with Crippen molar-refractivity contribution < 1.29 is 33.3 Å². The Morgan fingerprint density at radius 2 is 0.684 bits per heavy atom. The van der Waals surface area contributed by atoms with Crippen LogP contribution in [-0.2, 0) is 26.2 Å². The molecule has 2 amide bonds. The summed E-state index contributed by atoms with van der Waals surface area (Å²) in [5.74, 6) is 8.05. The van der Waals surface area contributed by atoms with Gasteiger partial charge in [-0.25, -0.2) is 0 Å². The Bertz CT molecular complexity index is 3130. The zero-order valence-electron chi connectivity index (χ0n) is 59.7. The van der Waals surface area contributed by atoms with Crippen molar-refractivity contribution >= 4 is 60.7 Å². The highest BCUT2D eigenvalue weighted by Crippen LogP contribution is 2.26. The first-order chi connectivity index (χ1) is 47.5. The lowest BCUT2D eigenvalue weighted by atomic mass is 10.1. The number of nitrogen functional groups attached to an aromatic ring is 1. The van der Waals surface area contributed by atoms with Crippen LogP contribution in [0.3, 0.4) is 0 Å². The Morgan fingerprint density at radius 3 is 1.00 bits per heavy atom. The predicted octanol–water partition coefficient (Wildman–Crippen LogP) is 8.68. The number of para-hydroxylation sites is 1. The monoisotopic (exact) mass is 1580 g/mol. The number of hydrogen-bond acceptors (Lipinski definition) is 19. The van der Waals surface area contributed by atoms with Gasteiger partial charge in [-0.15, -0.1) is 0 Å². The van der Waals surface area contributed by atoms with Crippen LogP contribution in [0.15, 0.2) is 102 Å². The number of amidine groups is 2. The number of nitrogens with zero attached hydrogens (tertiary/aromatic N) is 10. The molecule has 0 atom stereocenters. The Hall–Kier alpha value is -6.59. The number of rotatable bonds is 26. The van der Waals surface area contributed by atoms with Crippen LogP contribution in [0.1, 0.15) is 122 Å². The van der Waals surface area contributed by atoms with E-state index in [0.717, 1.165) is 174 Å². The standard InChI is InChI=1S/C16H27N5O.C16H26N4O.C16H25N3O2.C16H23N3O.C9H11NO2.I2/c1-3-20-7-9-21(10-8-20)12-13-5-6-15(22-4-2)14(11-13)16(17)19-18;1-3-19-7-9-20(10-8-19)12-13-5-6-15(21-4-2)14(11-13)16(17)18;1-3-18-7-9-19(10-8-18)12-13-5-6-15(21-4-2)14(11-13)16(17)20;1-3-18-7-9-19(10-8-18)13-14-5-6-16(20-4-2)15(11-14)12-17;1-2-12-8-6-4-3-5-7(8)9(10)11;1-2/h5-6,11H,3-4,7-10,12,18H2,1-2H3,(H2,17,19);5-6,11H,3-4,7-10,12H2,1-2H3,(H3,17,18);5-6,11H,3-4,7-10,12H2,1-2H3,(H2,17,20);5-6,11H,3-4,7-10,13H2,1-2H3;3-6H,2H2,1H3,(H2,10,11);. The number of ether oxygens (including phenoxy) is 5. The van der Waals surface area contributed by atoms with Gasteiger partial charge in [-0.1, -0.05) is 64.1 Å². The van der Waals surface area contributed by atoms with Crippen LogP contribution in [0.5, 0.6) is 28.7 Å². The number of benzene rings is 5. The zero-order valence-corrected chi connectivity index (χ0v) is 64.0. The molecule has 0 aromatic heterocycles. The molecule has 25 heteroatoms. The van der Waals surface area contributed by atoms with Gasteiger partial charge in [-0.2, -0.15) is 10.4 Å². The van der Waals surface area contributed by atoms with Gasteiger partial charge in [0.2, 0.25) is 0 Å². The number of carbonyl (C=O) groups is 2. The van der Waals surface area contributed by atoms with Gasteiger partial charge in [0.15, 0.2) is 5.84 Å². The number of halogens is 2. The van der Waals surface area contributed by atoms with Crippen molar-refractivity contribution in [2.24, 2.45) is 33.9 Å². The summed E-state index contributed by atoms with van der Waals surface area (Å²) in [6, 6.07) is 32.9. The van der Waals surface area contributed by atoms with Crippen molar-refractivity contribution in [3.8, 4) is 34.8 Å². The molecule has 5 aromatic rings. The third kappa shape index (κ3) is 28.9. The number of piperazine rings is 4. The zero-order chi connectivity index (χ0) is 71.8. The molecule has 4 aliphatic heterocycles. The minimum absolute atomic E-state index is 0.0658. The second-order valence-corrected chi connectivity index (χ2v) is 23.6. The second kappa shape index (κ2) is 47.5. The van der Waals surface area contributed by atoms with E-state index in [1.807, 2.05) is 89.2 Å². The maximum Gasteiger partial charge on any atom is 0.252 e. The largest absolute Gasteiger partial charge is 0.493 e. The van der Waals surface area contributed by atoms with Crippen molar-refractivity contribution in [3.05, 3.63) is 147 Å². The van der Waals surface area contributed by atoms with Gasteiger partial charge in [0.1, 0.15) is 40.7 Å². The van der Waals surface area contributed by atoms with Crippen LogP contribution in [0.4, 0.5) is 0 Å². The van der Waals surface area contributed by atoms with E-state index >= 15 is 0 Å².